The summed E-state index contributed by atoms with van der Waals surface area (Å²) in [6.45, 7) is 4.03. The molecule has 0 saturated carbocycles. The number of nitrogen functional groups attached to an aromatic ring is 1. The maximum Gasteiger partial charge on any atom is 0.120 e. The Morgan fingerprint density at radius 1 is 1.10 bits per heavy atom. The van der Waals surface area contributed by atoms with Crippen LogP contribution in [-0.4, -0.2) is 10.9 Å². The maximum atomic E-state index is 6.09. The molecule has 0 aliphatic carbocycles. The van der Waals surface area contributed by atoms with E-state index in [0.29, 0.717) is 0 Å². The molecule has 0 unspecified atom stereocenters. The lowest BCUT2D eigenvalue weighted by Gasteiger charge is -2.23. The molecule has 21 heavy (non-hydrogen) atoms. The summed E-state index contributed by atoms with van der Waals surface area (Å²) in [6, 6.07) is 16.4. The van der Waals surface area contributed by atoms with E-state index in [1.54, 1.807) is 11.5 Å². The molecular formula is C17H19N3S. The molecule has 1 aromatic heterocycles. The molecule has 3 aromatic rings. The van der Waals surface area contributed by atoms with Crippen LogP contribution in [0, 0.1) is 0 Å². The molecule has 4 heteroatoms. The van der Waals surface area contributed by atoms with Gasteiger partial charge >= 0.3 is 0 Å². The van der Waals surface area contributed by atoms with Crippen molar-refractivity contribution in [3.05, 3.63) is 54.1 Å². The first-order valence-corrected chi connectivity index (χ1v) is 7.99. The highest BCUT2D eigenvalue weighted by Gasteiger charge is 2.14. The molecule has 1 heterocycles. The van der Waals surface area contributed by atoms with Crippen LogP contribution in [-0.2, 0) is 6.54 Å². The smallest absolute Gasteiger partial charge is 0.120 e. The summed E-state index contributed by atoms with van der Waals surface area (Å²) in [7, 11) is 0. The van der Waals surface area contributed by atoms with Crippen LogP contribution in [0.15, 0.2) is 48.5 Å². The highest BCUT2D eigenvalue weighted by molar-refractivity contribution is 7.11. The summed E-state index contributed by atoms with van der Waals surface area (Å²) in [5.41, 5.74) is 9.19. The van der Waals surface area contributed by atoms with Crippen molar-refractivity contribution < 1.29 is 0 Å². The summed E-state index contributed by atoms with van der Waals surface area (Å²) in [6.07, 6.45) is 1.10. The Bertz CT molecular complexity index is 735. The van der Waals surface area contributed by atoms with Crippen molar-refractivity contribution in [2.24, 2.45) is 0 Å². The van der Waals surface area contributed by atoms with Crippen molar-refractivity contribution in [1.82, 2.24) is 4.37 Å². The van der Waals surface area contributed by atoms with Gasteiger partial charge in [0, 0.05) is 24.2 Å². The van der Waals surface area contributed by atoms with Crippen LogP contribution in [0.4, 0.5) is 10.7 Å². The summed E-state index contributed by atoms with van der Waals surface area (Å²) in [5.74, 6) is 0. The SMILES string of the molecule is CCCN(Cc1ccccc1N)c1snc2ccccc12. The van der Waals surface area contributed by atoms with Crippen molar-refractivity contribution in [3.63, 3.8) is 0 Å². The van der Waals surface area contributed by atoms with E-state index in [1.165, 1.54) is 16.0 Å². The van der Waals surface area contributed by atoms with Gasteiger partial charge in [-0.1, -0.05) is 37.3 Å². The quantitative estimate of drug-likeness (QED) is 0.714. The van der Waals surface area contributed by atoms with Gasteiger partial charge in [-0.05, 0) is 41.7 Å². The van der Waals surface area contributed by atoms with Gasteiger partial charge in [-0.15, -0.1) is 0 Å². The molecule has 0 saturated heterocycles. The molecule has 3 rings (SSSR count). The molecule has 0 radical (unpaired) electrons. The molecule has 3 nitrogen and oxygen atoms in total. The molecule has 0 atom stereocenters. The Labute approximate surface area is 129 Å². The van der Waals surface area contributed by atoms with Gasteiger partial charge < -0.3 is 10.6 Å². The number of nitrogens with two attached hydrogens (primary N) is 1. The average molecular weight is 297 g/mol. The highest BCUT2D eigenvalue weighted by Crippen LogP contribution is 2.32. The Morgan fingerprint density at radius 3 is 2.67 bits per heavy atom. The standard InChI is InChI=1S/C17H19N3S/c1-2-11-20(12-13-7-3-5-9-15(13)18)17-14-8-4-6-10-16(14)19-21-17/h3-10H,2,11-12,18H2,1H3. The average Bonchev–Trinajstić information content (AvgIpc) is 2.93. The zero-order valence-electron chi connectivity index (χ0n) is 12.1. The minimum Gasteiger partial charge on any atom is -0.398 e. The van der Waals surface area contributed by atoms with Gasteiger partial charge in [0.1, 0.15) is 5.00 Å². The predicted molar refractivity (Wildman–Crippen MR) is 91.8 cm³/mol. The number of rotatable bonds is 5. The van der Waals surface area contributed by atoms with Crippen LogP contribution in [0.25, 0.3) is 10.9 Å². The number of fused-ring (bicyclic) bond motifs is 1. The van der Waals surface area contributed by atoms with E-state index in [1.807, 2.05) is 24.3 Å². The molecule has 0 aliphatic rings. The van der Waals surface area contributed by atoms with Gasteiger partial charge in [0.2, 0.25) is 0 Å². The topological polar surface area (TPSA) is 42.1 Å². The number of anilines is 2. The number of aromatic nitrogens is 1. The number of benzene rings is 2. The van der Waals surface area contributed by atoms with Gasteiger partial charge in [0.15, 0.2) is 0 Å². The lowest BCUT2D eigenvalue weighted by molar-refractivity contribution is 0.777. The Hall–Kier alpha value is -2.07. The fourth-order valence-electron chi connectivity index (χ4n) is 2.51. The van der Waals surface area contributed by atoms with Crippen LogP contribution in [0.5, 0.6) is 0 Å². The van der Waals surface area contributed by atoms with Crippen molar-refractivity contribution >= 4 is 33.1 Å². The fraction of sp³-hybridized carbons (Fsp3) is 0.235. The van der Waals surface area contributed by atoms with Crippen LogP contribution < -0.4 is 10.6 Å². The number of hydrogen-bond acceptors (Lipinski definition) is 4. The second kappa shape index (κ2) is 6.14. The van der Waals surface area contributed by atoms with Gasteiger partial charge in [0.25, 0.3) is 0 Å². The molecule has 108 valence electrons. The predicted octanol–water partition coefficient (Wildman–Crippen LogP) is 4.30. The first kappa shape index (κ1) is 13.9. The van der Waals surface area contributed by atoms with E-state index >= 15 is 0 Å². The molecule has 0 aliphatic heterocycles. The molecular weight excluding hydrogens is 278 g/mol. The minimum absolute atomic E-state index is 0.826. The summed E-state index contributed by atoms with van der Waals surface area (Å²) < 4.78 is 4.55. The van der Waals surface area contributed by atoms with E-state index < -0.39 is 0 Å². The molecule has 0 amide bonds. The lowest BCUT2D eigenvalue weighted by atomic mass is 10.1. The third kappa shape index (κ3) is 2.85. The third-order valence-corrected chi connectivity index (χ3v) is 4.50. The molecule has 0 bridgehead atoms. The van der Waals surface area contributed by atoms with Crippen molar-refractivity contribution in [2.75, 3.05) is 17.2 Å². The number of hydrogen-bond donors (Lipinski definition) is 1. The van der Waals surface area contributed by atoms with Crippen molar-refractivity contribution in [1.29, 1.82) is 0 Å². The second-order valence-corrected chi connectivity index (χ2v) is 5.88. The largest absolute Gasteiger partial charge is 0.398 e. The van der Waals surface area contributed by atoms with Crippen LogP contribution in [0.1, 0.15) is 18.9 Å². The zero-order valence-corrected chi connectivity index (χ0v) is 12.9. The van der Waals surface area contributed by atoms with Gasteiger partial charge in [0.05, 0.1) is 5.52 Å². The number of nitrogens with zero attached hydrogens (tertiary/aromatic N) is 2. The molecule has 2 aromatic carbocycles. The first-order valence-electron chi connectivity index (χ1n) is 7.22. The van der Waals surface area contributed by atoms with Crippen LogP contribution in [0.2, 0.25) is 0 Å². The second-order valence-electron chi connectivity index (χ2n) is 5.13. The third-order valence-electron chi connectivity index (χ3n) is 3.56. The molecule has 0 fully saturated rings. The fourth-order valence-corrected chi connectivity index (χ4v) is 3.40. The summed E-state index contributed by atoms with van der Waals surface area (Å²) >= 11 is 1.57. The van der Waals surface area contributed by atoms with E-state index in [4.69, 9.17) is 5.73 Å². The van der Waals surface area contributed by atoms with Gasteiger partial charge in [-0.2, -0.15) is 4.37 Å². The van der Waals surface area contributed by atoms with Crippen LogP contribution in [0.3, 0.4) is 0 Å². The minimum atomic E-state index is 0.826. The van der Waals surface area contributed by atoms with Crippen molar-refractivity contribution in [3.8, 4) is 0 Å². The highest BCUT2D eigenvalue weighted by atomic mass is 32.1. The van der Waals surface area contributed by atoms with E-state index in [2.05, 4.69) is 40.5 Å². The maximum absolute atomic E-state index is 6.09. The first-order chi connectivity index (χ1) is 10.3. The number of para-hydroxylation sites is 1. The molecule has 0 spiro atoms. The zero-order chi connectivity index (χ0) is 14.7. The van der Waals surface area contributed by atoms with Gasteiger partial charge in [-0.25, -0.2) is 0 Å². The Balaban J connectivity index is 1.96. The Morgan fingerprint density at radius 2 is 1.86 bits per heavy atom. The van der Waals surface area contributed by atoms with Gasteiger partial charge in [-0.3, -0.25) is 0 Å². The van der Waals surface area contributed by atoms with Crippen LogP contribution >= 0.6 is 11.5 Å². The van der Waals surface area contributed by atoms with E-state index in [0.717, 1.165) is 30.7 Å². The van der Waals surface area contributed by atoms with Crippen molar-refractivity contribution in [2.45, 2.75) is 19.9 Å². The summed E-state index contributed by atoms with van der Waals surface area (Å²) in [4.78, 5) is 2.38. The summed E-state index contributed by atoms with van der Waals surface area (Å²) in [5, 5.41) is 2.46. The monoisotopic (exact) mass is 297 g/mol. The van der Waals surface area contributed by atoms with E-state index in [9.17, 15) is 0 Å². The van der Waals surface area contributed by atoms with E-state index in [-0.39, 0.29) is 0 Å². The Kier molecular flexibility index (Phi) is 4.06. The molecule has 2 N–H and O–H groups in total. The normalized spacial score (nSPS) is 10.9. The lowest BCUT2D eigenvalue weighted by Crippen LogP contribution is -2.23.